The van der Waals surface area contributed by atoms with Gasteiger partial charge < -0.3 is 15.1 Å². The Hall–Kier alpha value is -2.15. The van der Waals surface area contributed by atoms with Gasteiger partial charge in [-0.3, -0.25) is 9.59 Å². The zero-order valence-corrected chi connectivity index (χ0v) is 18.2. The van der Waals surface area contributed by atoms with Crippen LogP contribution in [0.2, 0.25) is 0 Å². The van der Waals surface area contributed by atoms with Gasteiger partial charge in [0.05, 0.1) is 16.1 Å². The van der Waals surface area contributed by atoms with Crippen LogP contribution in [0.1, 0.15) is 43.2 Å². The summed E-state index contributed by atoms with van der Waals surface area (Å²) < 4.78 is 1.22. The minimum atomic E-state index is 0.00649. The van der Waals surface area contributed by atoms with E-state index in [4.69, 9.17) is 4.98 Å². The van der Waals surface area contributed by atoms with E-state index in [0.717, 1.165) is 62.5 Å². The molecule has 1 aromatic carbocycles. The van der Waals surface area contributed by atoms with Crippen molar-refractivity contribution >= 4 is 38.5 Å². The number of thiazole rings is 1. The van der Waals surface area contributed by atoms with E-state index in [-0.39, 0.29) is 17.7 Å². The van der Waals surface area contributed by atoms with Crippen LogP contribution in [0.15, 0.2) is 12.1 Å². The van der Waals surface area contributed by atoms with Crippen LogP contribution < -0.4 is 10.2 Å². The van der Waals surface area contributed by atoms with Crippen LogP contribution >= 0.6 is 11.3 Å². The third kappa shape index (κ3) is 4.55. The van der Waals surface area contributed by atoms with E-state index in [9.17, 15) is 9.59 Å². The molecule has 1 aromatic heterocycles. The Labute approximate surface area is 176 Å². The van der Waals surface area contributed by atoms with E-state index in [1.165, 1.54) is 15.8 Å². The molecular formula is C22H30N4O2S. The van der Waals surface area contributed by atoms with Crippen LogP contribution in [-0.4, -0.2) is 54.4 Å². The van der Waals surface area contributed by atoms with E-state index in [1.54, 1.807) is 11.3 Å². The number of likely N-dealkylation sites (tertiary alicyclic amines) is 1. The number of amides is 2. The largest absolute Gasteiger partial charge is 0.356 e. The fraction of sp³-hybridized carbons (Fsp3) is 0.591. The van der Waals surface area contributed by atoms with Crippen molar-refractivity contribution < 1.29 is 9.59 Å². The Morgan fingerprint density at radius 2 is 2.14 bits per heavy atom. The molecule has 156 valence electrons. The molecule has 3 heterocycles. The second-order valence-corrected chi connectivity index (χ2v) is 9.35. The first kappa shape index (κ1) is 20.1. The molecule has 1 atom stereocenters. The number of aryl methyl sites for hydroxylation is 2. The maximum Gasteiger partial charge on any atom is 0.224 e. The lowest BCUT2D eigenvalue weighted by molar-refractivity contribution is -0.127. The summed E-state index contributed by atoms with van der Waals surface area (Å²) in [4.78, 5) is 33.4. The predicted molar refractivity (Wildman–Crippen MR) is 117 cm³/mol. The van der Waals surface area contributed by atoms with Gasteiger partial charge in [0.15, 0.2) is 5.13 Å². The van der Waals surface area contributed by atoms with Crippen LogP contribution in [0.25, 0.3) is 10.2 Å². The van der Waals surface area contributed by atoms with Crippen molar-refractivity contribution in [2.45, 2.75) is 46.0 Å². The van der Waals surface area contributed by atoms with Crippen LogP contribution in [-0.2, 0) is 9.59 Å². The van der Waals surface area contributed by atoms with E-state index in [0.29, 0.717) is 13.0 Å². The number of rotatable bonds is 6. The Morgan fingerprint density at radius 1 is 1.28 bits per heavy atom. The lowest BCUT2D eigenvalue weighted by Crippen LogP contribution is -2.43. The van der Waals surface area contributed by atoms with Crippen LogP contribution in [0, 0.1) is 19.8 Å². The lowest BCUT2D eigenvalue weighted by Gasteiger charge is -2.31. The molecule has 2 amide bonds. The molecule has 7 heteroatoms. The van der Waals surface area contributed by atoms with Gasteiger partial charge in [0, 0.05) is 39.1 Å². The molecule has 2 aliphatic heterocycles. The second-order valence-electron chi connectivity index (χ2n) is 8.34. The summed E-state index contributed by atoms with van der Waals surface area (Å²) in [6, 6.07) is 4.37. The smallest absolute Gasteiger partial charge is 0.224 e. The summed E-state index contributed by atoms with van der Waals surface area (Å²) >= 11 is 1.73. The zero-order valence-electron chi connectivity index (χ0n) is 17.4. The number of carbonyl (C=O) groups is 2. The molecule has 2 aromatic rings. The van der Waals surface area contributed by atoms with Crippen molar-refractivity contribution in [3.05, 3.63) is 23.3 Å². The van der Waals surface area contributed by atoms with Crippen molar-refractivity contribution in [3.8, 4) is 0 Å². The Bertz CT molecular complexity index is 910. The molecule has 2 aliphatic rings. The number of piperidine rings is 1. The summed E-state index contributed by atoms with van der Waals surface area (Å²) in [6.07, 6.45) is 4.40. The van der Waals surface area contributed by atoms with Gasteiger partial charge in [0.2, 0.25) is 11.8 Å². The Morgan fingerprint density at radius 3 is 2.93 bits per heavy atom. The molecule has 1 N–H and O–H groups in total. The number of anilines is 1. The van der Waals surface area contributed by atoms with Crippen molar-refractivity contribution in [3.63, 3.8) is 0 Å². The van der Waals surface area contributed by atoms with Gasteiger partial charge in [0.1, 0.15) is 0 Å². The molecule has 0 spiro atoms. The summed E-state index contributed by atoms with van der Waals surface area (Å²) in [5.74, 6) is 0.392. The third-order valence-electron chi connectivity index (χ3n) is 5.96. The summed E-state index contributed by atoms with van der Waals surface area (Å²) in [7, 11) is 0. The number of carbonyl (C=O) groups excluding carboxylic acids is 2. The molecule has 2 saturated heterocycles. The van der Waals surface area contributed by atoms with Crippen LogP contribution in [0.4, 0.5) is 5.13 Å². The summed E-state index contributed by atoms with van der Waals surface area (Å²) in [5, 5.41) is 4.11. The molecule has 0 saturated carbocycles. The number of hydrogen-bond acceptors (Lipinski definition) is 5. The highest BCUT2D eigenvalue weighted by Gasteiger charge is 2.27. The Kier molecular flexibility index (Phi) is 6.04. The number of hydrogen-bond donors (Lipinski definition) is 1. The van der Waals surface area contributed by atoms with Crippen LogP contribution in [0.3, 0.4) is 0 Å². The maximum absolute atomic E-state index is 12.7. The first-order chi connectivity index (χ1) is 14.0. The average Bonchev–Trinajstić information content (AvgIpc) is 3.31. The fourth-order valence-corrected chi connectivity index (χ4v) is 5.60. The minimum absolute atomic E-state index is 0.00649. The van der Waals surface area contributed by atoms with Crippen LogP contribution in [0.5, 0.6) is 0 Å². The highest BCUT2D eigenvalue weighted by molar-refractivity contribution is 7.22. The number of aromatic nitrogens is 1. The standard InChI is InChI=1S/C22H30N4O2S/c1-15-12-16(2)20-18(13-15)29-22(24-20)26-10-3-6-17(14-26)21(28)23-8-5-11-25-9-4-7-19(25)27/h12-13,17H,3-11,14H2,1-2H3,(H,23,28). The minimum Gasteiger partial charge on any atom is -0.356 e. The first-order valence-corrected chi connectivity index (χ1v) is 11.5. The van der Waals surface area contributed by atoms with Crippen molar-refractivity contribution in [1.29, 1.82) is 0 Å². The normalized spacial score (nSPS) is 19.9. The van der Waals surface area contributed by atoms with Gasteiger partial charge >= 0.3 is 0 Å². The predicted octanol–water partition coefficient (Wildman–Crippen LogP) is 3.26. The first-order valence-electron chi connectivity index (χ1n) is 10.7. The number of nitrogens with one attached hydrogen (secondary N) is 1. The molecule has 6 nitrogen and oxygen atoms in total. The molecule has 29 heavy (non-hydrogen) atoms. The van der Waals surface area contributed by atoms with Gasteiger partial charge in [-0.05, 0) is 56.7 Å². The van der Waals surface area contributed by atoms with E-state index in [2.05, 4.69) is 36.2 Å². The van der Waals surface area contributed by atoms with Crippen molar-refractivity contribution in [2.24, 2.45) is 5.92 Å². The van der Waals surface area contributed by atoms with Crippen molar-refractivity contribution in [2.75, 3.05) is 37.6 Å². The number of benzene rings is 1. The van der Waals surface area contributed by atoms with E-state index >= 15 is 0 Å². The van der Waals surface area contributed by atoms with E-state index in [1.807, 2.05) is 4.90 Å². The molecule has 0 bridgehead atoms. The summed E-state index contributed by atoms with van der Waals surface area (Å²) in [6.45, 7) is 8.17. The maximum atomic E-state index is 12.7. The quantitative estimate of drug-likeness (QED) is 0.737. The van der Waals surface area contributed by atoms with Gasteiger partial charge in [-0.1, -0.05) is 17.4 Å². The number of fused-ring (bicyclic) bond motifs is 1. The molecular weight excluding hydrogens is 384 g/mol. The number of nitrogens with zero attached hydrogens (tertiary/aromatic N) is 3. The summed E-state index contributed by atoms with van der Waals surface area (Å²) in [5.41, 5.74) is 3.56. The molecule has 0 aliphatic carbocycles. The van der Waals surface area contributed by atoms with E-state index < -0.39 is 0 Å². The Balaban J connectivity index is 1.31. The van der Waals surface area contributed by atoms with Gasteiger partial charge in [0.25, 0.3) is 0 Å². The SMILES string of the molecule is Cc1cc(C)c2nc(N3CCCC(C(=O)NCCCN4CCCC4=O)C3)sc2c1. The highest BCUT2D eigenvalue weighted by Crippen LogP contribution is 2.33. The lowest BCUT2D eigenvalue weighted by atomic mass is 9.97. The topological polar surface area (TPSA) is 65.5 Å². The van der Waals surface area contributed by atoms with Crippen molar-refractivity contribution in [1.82, 2.24) is 15.2 Å². The average molecular weight is 415 g/mol. The second kappa shape index (κ2) is 8.69. The monoisotopic (exact) mass is 414 g/mol. The zero-order chi connectivity index (χ0) is 20.4. The molecule has 0 radical (unpaired) electrons. The molecule has 1 unspecified atom stereocenters. The molecule has 2 fully saturated rings. The highest BCUT2D eigenvalue weighted by atomic mass is 32.1. The van der Waals surface area contributed by atoms with Gasteiger partial charge in [-0.2, -0.15) is 0 Å². The van der Waals surface area contributed by atoms with Gasteiger partial charge in [-0.15, -0.1) is 0 Å². The molecule has 4 rings (SSSR count). The third-order valence-corrected chi connectivity index (χ3v) is 7.02. The fourth-order valence-electron chi connectivity index (χ4n) is 4.43. The van der Waals surface area contributed by atoms with Gasteiger partial charge in [-0.25, -0.2) is 4.98 Å².